The topological polar surface area (TPSA) is 49.6 Å². The first-order chi connectivity index (χ1) is 9.75. The third kappa shape index (κ3) is 2.60. The average molecular weight is 279 g/mol. The van der Waals surface area contributed by atoms with Crippen LogP contribution in [0.3, 0.4) is 0 Å². The van der Waals surface area contributed by atoms with Crippen LogP contribution in [0.4, 0.5) is 0 Å². The minimum atomic E-state index is -0.215. The van der Waals surface area contributed by atoms with E-state index in [4.69, 9.17) is 5.73 Å². The van der Waals surface area contributed by atoms with Gasteiger partial charge in [-0.3, -0.25) is 9.69 Å². The summed E-state index contributed by atoms with van der Waals surface area (Å²) in [5, 5.41) is 0. The van der Waals surface area contributed by atoms with Crippen LogP contribution in [0.2, 0.25) is 0 Å². The number of amides is 1. The Morgan fingerprint density at radius 2 is 1.75 bits per heavy atom. The van der Waals surface area contributed by atoms with Crippen LogP contribution in [-0.2, 0) is 4.79 Å². The summed E-state index contributed by atoms with van der Waals surface area (Å²) in [6.07, 6.45) is 9.44. The molecule has 0 radical (unpaired) electrons. The van der Waals surface area contributed by atoms with E-state index in [2.05, 4.69) is 9.80 Å². The highest BCUT2D eigenvalue weighted by Crippen LogP contribution is 2.39. The minimum absolute atomic E-state index is 0.215. The van der Waals surface area contributed by atoms with E-state index in [0.29, 0.717) is 18.5 Å². The first-order valence-electron chi connectivity index (χ1n) is 8.49. The highest BCUT2D eigenvalue weighted by molar-refractivity contribution is 5.83. The van der Waals surface area contributed by atoms with E-state index in [1.807, 2.05) is 0 Å². The van der Waals surface area contributed by atoms with Crippen molar-refractivity contribution in [2.75, 3.05) is 32.7 Å². The van der Waals surface area contributed by atoms with Gasteiger partial charge in [-0.2, -0.15) is 0 Å². The molecule has 2 aliphatic heterocycles. The Labute approximate surface area is 122 Å². The molecule has 2 heterocycles. The van der Waals surface area contributed by atoms with Crippen LogP contribution in [0.15, 0.2) is 0 Å². The summed E-state index contributed by atoms with van der Waals surface area (Å²) < 4.78 is 0. The Morgan fingerprint density at radius 1 is 1.05 bits per heavy atom. The molecule has 1 aliphatic carbocycles. The SMILES string of the molecule is NCC1(C(=O)N2CCCC(N3CCCC3)C2)CCCC1. The monoisotopic (exact) mass is 279 g/mol. The molecule has 0 aromatic heterocycles. The number of nitrogens with two attached hydrogens (primary N) is 1. The van der Waals surface area contributed by atoms with E-state index >= 15 is 0 Å². The van der Waals surface area contributed by atoms with Gasteiger partial charge in [0.1, 0.15) is 0 Å². The molecule has 0 aromatic carbocycles. The predicted octanol–water partition coefficient (Wildman–Crippen LogP) is 1.59. The smallest absolute Gasteiger partial charge is 0.230 e. The second-order valence-corrected chi connectivity index (χ2v) is 6.98. The van der Waals surface area contributed by atoms with Crippen molar-refractivity contribution in [1.82, 2.24) is 9.80 Å². The third-order valence-electron chi connectivity index (χ3n) is 5.75. The van der Waals surface area contributed by atoms with Crippen molar-refractivity contribution in [3.8, 4) is 0 Å². The molecule has 1 saturated carbocycles. The van der Waals surface area contributed by atoms with E-state index in [9.17, 15) is 4.79 Å². The minimum Gasteiger partial charge on any atom is -0.341 e. The van der Waals surface area contributed by atoms with Crippen molar-refractivity contribution in [3.05, 3.63) is 0 Å². The molecule has 3 aliphatic rings. The summed E-state index contributed by atoms with van der Waals surface area (Å²) in [7, 11) is 0. The molecule has 4 nitrogen and oxygen atoms in total. The number of hydrogen-bond donors (Lipinski definition) is 1. The van der Waals surface area contributed by atoms with Gasteiger partial charge in [0.15, 0.2) is 0 Å². The van der Waals surface area contributed by atoms with Crippen molar-refractivity contribution in [2.45, 2.75) is 57.4 Å². The summed E-state index contributed by atoms with van der Waals surface area (Å²) in [6, 6.07) is 0.603. The molecule has 114 valence electrons. The maximum absolute atomic E-state index is 12.9. The largest absolute Gasteiger partial charge is 0.341 e. The van der Waals surface area contributed by atoms with Gasteiger partial charge in [-0.1, -0.05) is 12.8 Å². The van der Waals surface area contributed by atoms with E-state index in [1.54, 1.807) is 0 Å². The Balaban J connectivity index is 1.65. The molecule has 0 aromatic rings. The third-order valence-corrected chi connectivity index (χ3v) is 5.75. The van der Waals surface area contributed by atoms with Gasteiger partial charge >= 0.3 is 0 Å². The van der Waals surface area contributed by atoms with Crippen molar-refractivity contribution >= 4 is 5.91 Å². The van der Waals surface area contributed by atoms with E-state index in [-0.39, 0.29) is 5.41 Å². The molecule has 4 heteroatoms. The lowest BCUT2D eigenvalue weighted by Crippen LogP contribution is -2.54. The van der Waals surface area contributed by atoms with E-state index < -0.39 is 0 Å². The molecule has 0 spiro atoms. The number of likely N-dealkylation sites (tertiary alicyclic amines) is 2. The van der Waals surface area contributed by atoms with Gasteiger partial charge in [0.25, 0.3) is 0 Å². The zero-order valence-corrected chi connectivity index (χ0v) is 12.6. The highest BCUT2D eigenvalue weighted by atomic mass is 16.2. The van der Waals surface area contributed by atoms with E-state index in [0.717, 1.165) is 32.4 Å². The van der Waals surface area contributed by atoms with Crippen LogP contribution in [0.5, 0.6) is 0 Å². The first-order valence-corrected chi connectivity index (χ1v) is 8.49. The fourth-order valence-electron chi connectivity index (χ4n) is 4.44. The summed E-state index contributed by atoms with van der Waals surface area (Å²) in [5.41, 5.74) is 5.76. The van der Waals surface area contributed by atoms with Crippen LogP contribution >= 0.6 is 0 Å². The quantitative estimate of drug-likeness (QED) is 0.853. The number of hydrogen-bond acceptors (Lipinski definition) is 3. The standard InChI is InChI=1S/C16H29N3O/c17-13-16(7-1-2-8-16)15(20)19-11-5-6-14(12-19)18-9-3-4-10-18/h14H,1-13,17H2. The van der Waals surface area contributed by atoms with Gasteiger partial charge < -0.3 is 10.6 Å². The van der Waals surface area contributed by atoms with Gasteiger partial charge in [-0.25, -0.2) is 0 Å². The normalized spacial score (nSPS) is 30.9. The van der Waals surface area contributed by atoms with Crippen LogP contribution in [-0.4, -0.2) is 54.5 Å². The summed E-state index contributed by atoms with van der Waals surface area (Å²) >= 11 is 0. The zero-order chi connectivity index (χ0) is 14.0. The summed E-state index contributed by atoms with van der Waals surface area (Å²) in [4.78, 5) is 17.7. The lowest BCUT2D eigenvalue weighted by atomic mass is 9.84. The molecular formula is C16H29N3O. The number of carbonyl (C=O) groups is 1. The average Bonchev–Trinajstić information content (AvgIpc) is 3.18. The molecular weight excluding hydrogens is 250 g/mol. The fraction of sp³-hybridized carbons (Fsp3) is 0.938. The van der Waals surface area contributed by atoms with Crippen molar-refractivity contribution in [1.29, 1.82) is 0 Å². The predicted molar refractivity (Wildman–Crippen MR) is 80.4 cm³/mol. The van der Waals surface area contributed by atoms with Crippen LogP contribution in [0, 0.1) is 5.41 Å². The molecule has 1 atom stereocenters. The first kappa shape index (κ1) is 14.3. The number of rotatable bonds is 3. The Hall–Kier alpha value is -0.610. The highest BCUT2D eigenvalue weighted by Gasteiger charge is 2.43. The molecule has 1 amide bonds. The molecule has 2 saturated heterocycles. The maximum atomic E-state index is 12.9. The molecule has 2 N–H and O–H groups in total. The molecule has 3 rings (SSSR count). The van der Waals surface area contributed by atoms with Crippen LogP contribution < -0.4 is 5.73 Å². The number of piperidine rings is 1. The Morgan fingerprint density at radius 3 is 2.40 bits per heavy atom. The second-order valence-electron chi connectivity index (χ2n) is 6.98. The summed E-state index contributed by atoms with van der Waals surface area (Å²) in [6.45, 7) is 4.89. The van der Waals surface area contributed by atoms with Gasteiger partial charge in [-0.05, 0) is 51.6 Å². The molecule has 0 bridgehead atoms. The van der Waals surface area contributed by atoms with Crippen LogP contribution in [0.25, 0.3) is 0 Å². The lowest BCUT2D eigenvalue weighted by Gasteiger charge is -2.41. The maximum Gasteiger partial charge on any atom is 0.230 e. The Kier molecular flexibility index (Phi) is 4.32. The van der Waals surface area contributed by atoms with Gasteiger partial charge in [-0.15, -0.1) is 0 Å². The summed E-state index contributed by atoms with van der Waals surface area (Å²) in [5.74, 6) is 0.362. The van der Waals surface area contributed by atoms with Crippen molar-refractivity contribution in [3.63, 3.8) is 0 Å². The lowest BCUT2D eigenvalue weighted by molar-refractivity contribution is -0.143. The van der Waals surface area contributed by atoms with Gasteiger partial charge in [0.05, 0.1) is 5.41 Å². The molecule has 1 unspecified atom stereocenters. The van der Waals surface area contributed by atoms with Crippen molar-refractivity contribution in [2.24, 2.45) is 11.1 Å². The Bertz CT molecular complexity index is 346. The number of carbonyl (C=O) groups excluding carboxylic acids is 1. The van der Waals surface area contributed by atoms with Gasteiger partial charge in [0, 0.05) is 25.7 Å². The van der Waals surface area contributed by atoms with Crippen molar-refractivity contribution < 1.29 is 4.79 Å². The second kappa shape index (κ2) is 6.02. The number of nitrogens with zero attached hydrogens (tertiary/aromatic N) is 2. The fourth-order valence-corrected chi connectivity index (χ4v) is 4.44. The van der Waals surface area contributed by atoms with Crippen LogP contribution in [0.1, 0.15) is 51.4 Å². The van der Waals surface area contributed by atoms with Gasteiger partial charge in [0.2, 0.25) is 5.91 Å². The van der Waals surface area contributed by atoms with E-state index in [1.165, 1.54) is 45.2 Å². The molecule has 3 fully saturated rings. The molecule has 20 heavy (non-hydrogen) atoms. The zero-order valence-electron chi connectivity index (χ0n) is 12.6.